The molecule has 31 heavy (non-hydrogen) atoms. The van der Waals surface area contributed by atoms with E-state index in [-0.39, 0.29) is 30.4 Å². The van der Waals surface area contributed by atoms with E-state index in [4.69, 9.17) is 4.74 Å². The number of amides is 3. The molecule has 0 saturated carbocycles. The van der Waals surface area contributed by atoms with E-state index < -0.39 is 0 Å². The van der Waals surface area contributed by atoms with Gasteiger partial charge in [0.2, 0.25) is 5.91 Å². The SMILES string of the molecule is O=C(NCC(=O)N1CCN(C(=O)C2CCCO2)CC1)c1ccc(-c2ccccc2)cc1. The van der Waals surface area contributed by atoms with E-state index in [1.165, 1.54) is 0 Å². The van der Waals surface area contributed by atoms with E-state index >= 15 is 0 Å². The Morgan fingerprint density at radius 3 is 2.16 bits per heavy atom. The maximum atomic E-state index is 12.5. The minimum Gasteiger partial charge on any atom is -0.368 e. The number of nitrogens with zero attached hydrogens (tertiary/aromatic N) is 2. The van der Waals surface area contributed by atoms with Crippen molar-refractivity contribution in [2.45, 2.75) is 18.9 Å². The summed E-state index contributed by atoms with van der Waals surface area (Å²) in [6.07, 6.45) is 1.37. The van der Waals surface area contributed by atoms with Crippen molar-refractivity contribution in [1.29, 1.82) is 0 Å². The first-order valence-corrected chi connectivity index (χ1v) is 10.7. The lowest BCUT2D eigenvalue weighted by Gasteiger charge is -2.35. The molecule has 2 heterocycles. The van der Waals surface area contributed by atoms with Gasteiger partial charge in [0.1, 0.15) is 6.10 Å². The highest BCUT2D eigenvalue weighted by Crippen LogP contribution is 2.19. The van der Waals surface area contributed by atoms with Gasteiger partial charge in [-0.1, -0.05) is 42.5 Å². The average molecular weight is 421 g/mol. The average Bonchev–Trinajstić information content (AvgIpc) is 3.38. The first-order valence-electron chi connectivity index (χ1n) is 10.7. The molecule has 0 spiro atoms. The molecule has 0 aromatic heterocycles. The molecule has 4 rings (SSSR count). The Hall–Kier alpha value is -3.19. The molecule has 0 bridgehead atoms. The van der Waals surface area contributed by atoms with E-state index in [0.29, 0.717) is 38.3 Å². The molecule has 2 saturated heterocycles. The molecular weight excluding hydrogens is 394 g/mol. The number of ether oxygens (including phenoxy) is 1. The summed E-state index contributed by atoms with van der Waals surface area (Å²) in [6, 6.07) is 17.3. The minimum atomic E-state index is -0.324. The van der Waals surface area contributed by atoms with Crippen molar-refractivity contribution in [2.24, 2.45) is 0 Å². The molecule has 0 aliphatic carbocycles. The van der Waals surface area contributed by atoms with Gasteiger partial charge in [0.25, 0.3) is 11.8 Å². The Labute approximate surface area is 182 Å². The third kappa shape index (κ3) is 5.11. The van der Waals surface area contributed by atoms with Crippen LogP contribution in [-0.4, -0.2) is 73.0 Å². The topological polar surface area (TPSA) is 79.0 Å². The lowest BCUT2D eigenvalue weighted by molar-refractivity contribution is -0.145. The van der Waals surface area contributed by atoms with Gasteiger partial charge in [-0.25, -0.2) is 0 Å². The molecule has 2 aromatic rings. The monoisotopic (exact) mass is 421 g/mol. The number of hydrogen-bond donors (Lipinski definition) is 1. The second kappa shape index (κ2) is 9.75. The zero-order valence-corrected chi connectivity index (χ0v) is 17.5. The van der Waals surface area contributed by atoms with Crippen LogP contribution in [0.4, 0.5) is 0 Å². The molecule has 3 amide bonds. The highest BCUT2D eigenvalue weighted by atomic mass is 16.5. The van der Waals surface area contributed by atoms with Gasteiger partial charge in [0, 0.05) is 38.3 Å². The fourth-order valence-corrected chi connectivity index (χ4v) is 3.97. The maximum Gasteiger partial charge on any atom is 0.251 e. The predicted molar refractivity (Wildman–Crippen MR) is 116 cm³/mol. The van der Waals surface area contributed by atoms with E-state index in [1.54, 1.807) is 21.9 Å². The highest BCUT2D eigenvalue weighted by Gasteiger charge is 2.31. The first kappa shape index (κ1) is 21.1. The van der Waals surface area contributed by atoms with Crippen molar-refractivity contribution in [3.8, 4) is 11.1 Å². The van der Waals surface area contributed by atoms with Crippen molar-refractivity contribution in [1.82, 2.24) is 15.1 Å². The smallest absolute Gasteiger partial charge is 0.251 e. The Balaban J connectivity index is 1.23. The molecule has 1 N–H and O–H groups in total. The predicted octanol–water partition coefficient (Wildman–Crippen LogP) is 1.93. The standard InChI is InChI=1S/C24H27N3O4/c28-22(26-12-14-27(15-13-26)24(30)21-7-4-16-31-21)17-25-23(29)20-10-8-19(9-11-20)18-5-2-1-3-6-18/h1-3,5-6,8-11,21H,4,7,12-17H2,(H,25,29). The molecule has 0 radical (unpaired) electrons. The van der Waals surface area contributed by atoms with Gasteiger partial charge in [-0.3, -0.25) is 14.4 Å². The van der Waals surface area contributed by atoms with E-state index in [1.807, 2.05) is 42.5 Å². The van der Waals surface area contributed by atoms with Gasteiger partial charge in [-0.2, -0.15) is 0 Å². The third-order valence-electron chi connectivity index (χ3n) is 5.80. The fourth-order valence-electron chi connectivity index (χ4n) is 3.97. The molecule has 1 unspecified atom stereocenters. The summed E-state index contributed by atoms with van der Waals surface area (Å²) in [7, 11) is 0. The number of benzene rings is 2. The molecule has 2 aliphatic heterocycles. The van der Waals surface area contributed by atoms with Crippen LogP contribution in [0.2, 0.25) is 0 Å². The molecule has 2 fully saturated rings. The quantitative estimate of drug-likeness (QED) is 0.800. The van der Waals surface area contributed by atoms with Crippen LogP contribution in [0.15, 0.2) is 54.6 Å². The Kier molecular flexibility index (Phi) is 6.62. The normalized spacial score (nSPS) is 18.6. The van der Waals surface area contributed by atoms with Crippen LogP contribution in [0, 0.1) is 0 Å². The maximum absolute atomic E-state index is 12.5. The largest absolute Gasteiger partial charge is 0.368 e. The molecule has 2 aliphatic rings. The third-order valence-corrected chi connectivity index (χ3v) is 5.80. The molecular formula is C24H27N3O4. The van der Waals surface area contributed by atoms with Crippen LogP contribution < -0.4 is 5.32 Å². The van der Waals surface area contributed by atoms with Gasteiger partial charge < -0.3 is 19.9 Å². The summed E-state index contributed by atoms with van der Waals surface area (Å²) in [5, 5.41) is 2.70. The molecule has 7 heteroatoms. The Morgan fingerprint density at radius 2 is 1.52 bits per heavy atom. The summed E-state index contributed by atoms with van der Waals surface area (Å²) < 4.78 is 5.46. The summed E-state index contributed by atoms with van der Waals surface area (Å²) in [5.41, 5.74) is 2.63. The van der Waals surface area contributed by atoms with E-state index in [0.717, 1.165) is 24.0 Å². The summed E-state index contributed by atoms with van der Waals surface area (Å²) in [5.74, 6) is -0.393. The van der Waals surface area contributed by atoms with Crippen LogP contribution in [0.1, 0.15) is 23.2 Å². The van der Waals surface area contributed by atoms with Crippen molar-refractivity contribution in [3.05, 3.63) is 60.2 Å². The second-order valence-corrected chi connectivity index (χ2v) is 7.83. The summed E-state index contributed by atoms with van der Waals surface area (Å²) in [6.45, 7) is 2.53. The van der Waals surface area contributed by atoms with Gasteiger partial charge in [-0.05, 0) is 36.1 Å². The number of carbonyl (C=O) groups excluding carboxylic acids is 3. The first-order chi connectivity index (χ1) is 15.1. The van der Waals surface area contributed by atoms with Gasteiger partial charge >= 0.3 is 0 Å². The zero-order chi connectivity index (χ0) is 21.6. The number of carbonyl (C=O) groups is 3. The Morgan fingerprint density at radius 1 is 0.871 bits per heavy atom. The summed E-state index contributed by atoms with van der Waals surface area (Å²) in [4.78, 5) is 40.8. The minimum absolute atomic E-state index is 0.0249. The lowest BCUT2D eigenvalue weighted by atomic mass is 10.0. The number of nitrogens with one attached hydrogen (secondary N) is 1. The van der Waals surface area contributed by atoms with Crippen molar-refractivity contribution in [3.63, 3.8) is 0 Å². The van der Waals surface area contributed by atoms with Gasteiger partial charge in [-0.15, -0.1) is 0 Å². The fraction of sp³-hybridized carbons (Fsp3) is 0.375. The lowest BCUT2D eigenvalue weighted by Crippen LogP contribution is -2.54. The Bertz CT molecular complexity index is 916. The van der Waals surface area contributed by atoms with Crippen LogP contribution in [-0.2, 0) is 14.3 Å². The molecule has 2 aromatic carbocycles. The second-order valence-electron chi connectivity index (χ2n) is 7.83. The van der Waals surface area contributed by atoms with Crippen LogP contribution in [0.3, 0.4) is 0 Å². The van der Waals surface area contributed by atoms with Crippen molar-refractivity contribution < 1.29 is 19.1 Å². The van der Waals surface area contributed by atoms with Crippen LogP contribution >= 0.6 is 0 Å². The van der Waals surface area contributed by atoms with Crippen molar-refractivity contribution in [2.75, 3.05) is 39.3 Å². The number of rotatable bonds is 5. The van der Waals surface area contributed by atoms with Crippen LogP contribution in [0.25, 0.3) is 11.1 Å². The summed E-state index contributed by atoms with van der Waals surface area (Å²) >= 11 is 0. The zero-order valence-electron chi connectivity index (χ0n) is 17.5. The molecule has 162 valence electrons. The highest BCUT2D eigenvalue weighted by molar-refractivity contribution is 5.96. The number of hydrogen-bond acceptors (Lipinski definition) is 4. The molecule has 1 atom stereocenters. The molecule has 7 nitrogen and oxygen atoms in total. The van der Waals surface area contributed by atoms with E-state index in [2.05, 4.69) is 5.32 Å². The van der Waals surface area contributed by atoms with Crippen LogP contribution in [0.5, 0.6) is 0 Å². The van der Waals surface area contributed by atoms with E-state index in [9.17, 15) is 14.4 Å². The number of piperazine rings is 1. The van der Waals surface area contributed by atoms with Gasteiger partial charge in [0.05, 0.1) is 6.54 Å². The van der Waals surface area contributed by atoms with Gasteiger partial charge in [0.15, 0.2) is 0 Å². The van der Waals surface area contributed by atoms with Crippen molar-refractivity contribution >= 4 is 17.7 Å².